The predicted molar refractivity (Wildman–Crippen MR) is 72.8 cm³/mol. The molecule has 6 heteroatoms. The summed E-state index contributed by atoms with van der Waals surface area (Å²) in [6, 6.07) is 6.58. The van der Waals surface area contributed by atoms with Crippen LogP contribution < -0.4 is 10.9 Å². The number of phenolic OH excluding ortho intramolecular Hbond substituents is 1. The van der Waals surface area contributed by atoms with E-state index in [4.69, 9.17) is 0 Å². The number of nitrogens with one attached hydrogen (secondary N) is 2. The molecule has 20 heavy (non-hydrogen) atoms. The molecule has 0 unspecified atom stereocenters. The summed E-state index contributed by atoms with van der Waals surface area (Å²) >= 11 is 0. The molecule has 1 aromatic heterocycles. The van der Waals surface area contributed by atoms with Gasteiger partial charge in [-0.1, -0.05) is 12.1 Å². The number of amides is 1. The number of hydrogen-bond acceptors (Lipinski definition) is 4. The van der Waals surface area contributed by atoms with Crippen LogP contribution in [0.4, 0.5) is 5.82 Å². The van der Waals surface area contributed by atoms with Crippen molar-refractivity contribution in [2.24, 2.45) is 0 Å². The molecule has 0 saturated heterocycles. The predicted octanol–water partition coefficient (Wildman–Crippen LogP) is 1.26. The largest absolute Gasteiger partial charge is 0.508 e. The van der Waals surface area contributed by atoms with Gasteiger partial charge in [0.1, 0.15) is 17.4 Å². The molecule has 0 bridgehead atoms. The van der Waals surface area contributed by atoms with Crippen LogP contribution in [0.15, 0.2) is 29.1 Å². The van der Waals surface area contributed by atoms with E-state index in [0.717, 1.165) is 5.56 Å². The molecule has 2 heterocycles. The first-order valence-corrected chi connectivity index (χ1v) is 6.24. The zero-order valence-corrected chi connectivity index (χ0v) is 10.8. The highest BCUT2D eigenvalue weighted by molar-refractivity contribution is 5.94. The summed E-state index contributed by atoms with van der Waals surface area (Å²) in [6.45, 7) is 1.66. The number of aromatic amines is 1. The van der Waals surface area contributed by atoms with Gasteiger partial charge in [-0.05, 0) is 24.6 Å². The molecule has 102 valence electrons. The van der Waals surface area contributed by atoms with E-state index in [1.807, 2.05) is 0 Å². The van der Waals surface area contributed by atoms with E-state index in [2.05, 4.69) is 15.3 Å². The number of fused-ring (bicyclic) bond motifs is 1. The highest BCUT2D eigenvalue weighted by Crippen LogP contribution is 2.34. The van der Waals surface area contributed by atoms with Gasteiger partial charge in [0.25, 0.3) is 5.56 Å². The van der Waals surface area contributed by atoms with E-state index in [0.29, 0.717) is 17.2 Å². The Balaban J connectivity index is 2.20. The van der Waals surface area contributed by atoms with Crippen molar-refractivity contribution in [3.05, 3.63) is 51.6 Å². The fraction of sp³-hybridized carbons (Fsp3) is 0.214. The molecule has 1 aliphatic heterocycles. The number of hydrogen-bond donors (Lipinski definition) is 3. The van der Waals surface area contributed by atoms with Crippen LogP contribution >= 0.6 is 0 Å². The average Bonchev–Trinajstić information content (AvgIpc) is 2.36. The molecule has 3 N–H and O–H groups in total. The standard InChI is InChI=1S/C14H13N3O3/c1-7-15-13-12(14(20)16-7)10(6-11(19)17-13)8-3-2-4-9(18)5-8/h2-5,10,18H,6H2,1H3,(H2,15,16,17,19,20)/t10-/m0/s1. The van der Waals surface area contributed by atoms with Gasteiger partial charge >= 0.3 is 0 Å². The van der Waals surface area contributed by atoms with Crippen molar-refractivity contribution < 1.29 is 9.90 Å². The summed E-state index contributed by atoms with van der Waals surface area (Å²) in [5, 5.41) is 12.2. The third-order valence-electron chi connectivity index (χ3n) is 3.34. The van der Waals surface area contributed by atoms with E-state index in [1.54, 1.807) is 31.2 Å². The summed E-state index contributed by atoms with van der Waals surface area (Å²) < 4.78 is 0. The SMILES string of the molecule is Cc1nc2c(c(=O)[nH]1)[C@H](c1cccc(O)c1)CC(=O)N2. The third-order valence-corrected chi connectivity index (χ3v) is 3.34. The summed E-state index contributed by atoms with van der Waals surface area (Å²) in [7, 11) is 0. The Morgan fingerprint density at radius 3 is 2.90 bits per heavy atom. The van der Waals surface area contributed by atoms with Crippen molar-refractivity contribution in [2.45, 2.75) is 19.3 Å². The molecule has 2 aromatic rings. The van der Waals surface area contributed by atoms with E-state index >= 15 is 0 Å². The molecule has 1 amide bonds. The van der Waals surface area contributed by atoms with Crippen LogP contribution in [0.3, 0.4) is 0 Å². The molecule has 1 aliphatic rings. The van der Waals surface area contributed by atoms with Crippen molar-refractivity contribution in [1.82, 2.24) is 9.97 Å². The first kappa shape index (κ1) is 12.4. The Morgan fingerprint density at radius 2 is 2.15 bits per heavy atom. The van der Waals surface area contributed by atoms with Crippen LogP contribution in [0.25, 0.3) is 0 Å². The molecular weight excluding hydrogens is 258 g/mol. The number of phenols is 1. The lowest BCUT2D eigenvalue weighted by atomic mass is 9.87. The number of H-pyrrole nitrogens is 1. The van der Waals surface area contributed by atoms with Crippen molar-refractivity contribution in [3.8, 4) is 5.75 Å². The van der Waals surface area contributed by atoms with Gasteiger partial charge in [-0.25, -0.2) is 4.98 Å². The first-order valence-electron chi connectivity index (χ1n) is 6.24. The highest BCUT2D eigenvalue weighted by atomic mass is 16.3. The first-order chi connectivity index (χ1) is 9.54. The fourth-order valence-corrected chi connectivity index (χ4v) is 2.51. The lowest BCUT2D eigenvalue weighted by Gasteiger charge is -2.24. The average molecular weight is 271 g/mol. The Hall–Kier alpha value is -2.63. The fourth-order valence-electron chi connectivity index (χ4n) is 2.51. The molecule has 0 spiro atoms. The van der Waals surface area contributed by atoms with Gasteiger partial charge in [0.15, 0.2) is 0 Å². The molecule has 6 nitrogen and oxygen atoms in total. The van der Waals surface area contributed by atoms with Gasteiger partial charge in [0, 0.05) is 12.3 Å². The van der Waals surface area contributed by atoms with Crippen molar-refractivity contribution in [3.63, 3.8) is 0 Å². The van der Waals surface area contributed by atoms with Crippen molar-refractivity contribution in [1.29, 1.82) is 0 Å². The number of rotatable bonds is 1. The summed E-state index contributed by atoms with van der Waals surface area (Å²) in [4.78, 5) is 30.8. The van der Waals surface area contributed by atoms with E-state index in [-0.39, 0.29) is 23.6 Å². The lowest BCUT2D eigenvalue weighted by Crippen LogP contribution is -2.31. The zero-order valence-electron chi connectivity index (χ0n) is 10.8. The number of aromatic hydroxyl groups is 1. The van der Waals surface area contributed by atoms with E-state index < -0.39 is 5.92 Å². The molecule has 1 aromatic carbocycles. The van der Waals surface area contributed by atoms with Crippen LogP contribution in [0.5, 0.6) is 5.75 Å². The van der Waals surface area contributed by atoms with Gasteiger partial charge in [-0.15, -0.1) is 0 Å². The Morgan fingerprint density at radius 1 is 1.35 bits per heavy atom. The number of anilines is 1. The number of aromatic nitrogens is 2. The molecule has 1 atom stereocenters. The maximum absolute atomic E-state index is 12.2. The van der Waals surface area contributed by atoms with Crippen LogP contribution in [0.2, 0.25) is 0 Å². The van der Waals surface area contributed by atoms with Crippen molar-refractivity contribution in [2.75, 3.05) is 5.32 Å². The maximum atomic E-state index is 12.2. The van der Waals surface area contributed by atoms with Gasteiger partial charge in [0.05, 0.1) is 5.56 Å². The van der Waals surface area contributed by atoms with Crippen molar-refractivity contribution >= 4 is 11.7 Å². The number of benzene rings is 1. The van der Waals surface area contributed by atoms with Crippen LogP contribution in [-0.4, -0.2) is 21.0 Å². The smallest absolute Gasteiger partial charge is 0.256 e. The normalized spacial score (nSPS) is 17.4. The minimum atomic E-state index is -0.400. The quantitative estimate of drug-likeness (QED) is 0.727. The molecule has 0 fully saturated rings. The summed E-state index contributed by atoms with van der Waals surface area (Å²) in [6.07, 6.45) is 0.157. The second-order valence-corrected chi connectivity index (χ2v) is 4.81. The van der Waals surface area contributed by atoms with Gasteiger partial charge in [0.2, 0.25) is 5.91 Å². The summed E-state index contributed by atoms with van der Waals surface area (Å²) in [5.74, 6) is 0.263. The molecular formula is C14H13N3O3. The maximum Gasteiger partial charge on any atom is 0.256 e. The van der Waals surface area contributed by atoms with Crippen LogP contribution in [-0.2, 0) is 4.79 Å². The zero-order chi connectivity index (χ0) is 14.3. The summed E-state index contributed by atoms with van der Waals surface area (Å²) in [5.41, 5.74) is 0.888. The van der Waals surface area contributed by atoms with E-state index in [9.17, 15) is 14.7 Å². The third kappa shape index (κ3) is 2.05. The number of carbonyl (C=O) groups is 1. The minimum Gasteiger partial charge on any atom is -0.508 e. The second kappa shape index (κ2) is 4.48. The topological polar surface area (TPSA) is 95.1 Å². The van der Waals surface area contributed by atoms with Gasteiger partial charge < -0.3 is 15.4 Å². The Bertz CT molecular complexity index is 752. The van der Waals surface area contributed by atoms with Gasteiger partial charge in [-0.3, -0.25) is 9.59 Å². The highest BCUT2D eigenvalue weighted by Gasteiger charge is 2.30. The molecule has 3 rings (SSSR count). The number of aryl methyl sites for hydroxylation is 1. The molecule has 0 radical (unpaired) electrons. The van der Waals surface area contributed by atoms with Gasteiger partial charge in [-0.2, -0.15) is 0 Å². The van der Waals surface area contributed by atoms with Crippen LogP contribution in [0, 0.1) is 6.92 Å². The second-order valence-electron chi connectivity index (χ2n) is 4.81. The monoisotopic (exact) mass is 271 g/mol. The number of nitrogens with zero attached hydrogens (tertiary/aromatic N) is 1. The van der Waals surface area contributed by atoms with Crippen LogP contribution in [0.1, 0.15) is 29.3 Å². The minimum absolute atomic E-state index is 0.103. The lowest BCUT2D eigenvalue weighted by molar-refractivity contribution is -0.116. The Kier molecular flexibility index (Phi) is 2.78. The number of carbonyl (C=O) groups excluding carboxylic acids is 1. The Labute approximate surface area is 114 Å². The van der Waals surface area contributed by atoms with E-state index in [1.165, 1.54) is 0 Å². The molecule has 0 saturated carbocycles. The molecule has 0 aliphatic carbocycles.